The van der Waals surface area contributed by atoms with E-state index in [1.165, 1.54) is 18.2 Å². The summed E-state index contributed by atoms with van der Waals surface area (Å²) in [4.78, 5) is 34.6. The molecule has 3 N–H and O–H groups in total. The number of fused-ring (bicyclic) bond motifs is 3. The summed E-state index contributed by atoms with van der Waals surface area (Å²) in [7, 11) is 0. The molecule has 9 heteroatoms. The third-order valence-corrected chi connectivity index (χ3v) is 5.75. The van der Waals surface area contributed by atoms with Gasteiger partial charge in [0.2, 0.25) is 0 Å². The van der Waals surface area contributed by atoms with Gasteiger partial charge in [0.05, 0.1) is 41.1 Å². The smallest absolute Gasteiger partial charge is 0.254 e. The number of hydrogen-bond donors (Lipinski definition) is 2. The molecule has 4 aromatic rings. The lowest BCUT2D eigenvalue weighted by atomic mass is 10.0. The van der Waals surface area contributed by atoms with Gasteiger partial charge in [-0.15, -0.1) is 0 Å². The summed E-state index contributed by atoms with van der Waals surface area (Å²) in [6, 6.07) is 12.6. The van der Waals surface area contributed by atoms with E-state index in [4.69, 9.17) is 15.7 Å². The Morgan fingerprint density at radius 2 is 1.94 bits per heavy atom. The molecule has 2 aromatic heterocycles. The molecule has 3 heterocycles. The predicted octanol–water partition coefficient (Wildman–Crippen LogP) is 2.97. The molecule has 0 unspecified atom stereocenters. The van der Waals surface area contributed by atoms with Crippen LogP contribution in [0.2, 0.25) is 0 Å². The van der Waals surface area contributed by atoms with Crippen LogP contribution in [0, 0.1) is 17.1 Å². The molecule has 0 atom stereocenters. The van der Waals surface area contributed by atoms with Gasteiger partial charge in [-0.3, -0.25) is 9.59 Å². The Morgan fingerprint density at radius 1 is 1.15 bits per heavy atom. The van der Waals surface area contributed by atoms with Gasteiger partial charge >= 0.3 is 0 Å². The fourth-order valence-corrected chi connectivity index (χ4v) is 4.04. The number of nitrogens with one attached hydrogen (secondary N) is 1. The van der Waals surface area contributed by atoms with Crippen LogP contribution in [-0.2, 0) is 4.74 Å². The van der Waals surface area contributed by atoms with Gasteiger partial charge in [-0.25, -0.2) is 9.37 Å². The van der Waals surface area contributed by atoms with Crippen molar-refractivity contribution < 1.29 is 18.7 Å². The van der Waals surface area contributed by atoms with Gasteiger partial charge in [0.1, 0.15) is 11.9 Å². The second-order valence-corrected chi connectivity index (χ2v) is 7.74. The van der Waals surface area contributed by atoms with E-state index in [2.05, 4.69) is 9.97 Å². The van der Waals surface area contributed by atoms with Crippen LogP contribution < -0.4 is 5.73 Å². The zero-order valence-electron chi connectivity index (χ0n) is 17.4. The summed E-state index contributed by atoms with van der Waals surface area (Å²) in [5.74, 6) is -1.45. The molecular formula is C24H18FN5O3. The monoisotopic (exact) mass is 443 g/mol. The number of carbonyl (C=O) groups is 2. The molecule has 33 heavy (non-hydrogen) atoms. The number of halogens is 1. The maximum absolute atomic E-state index is 14.2. The van der Waals surface area contributed by atoms with Crippen molar-refractivity contribution >= 4 is 33.8 Å². The van der Waals surface area contributed by atoms with Gasteiger partial charge in [-0.1, -0.05) is 6.07 Å². The number of aromatic nitrogens is 2. The molecule has 0 spiro atoms. The molecule has 2 amide bonds. The summed E-state index contributed by atoms with van der Waals surface area (Å²) in [6.07, 6.45) is 0. The van der Waals surface area contributed by atoms with E-state index >= 15 is 0 Å². The molecule has 1 aliphatic rings. The molecule has 0 saturated carbocycles. The van der Waals surface area contributed by atoms with Crippen LogP contribution in [0.3, 0.4) is 0 Å². The van der Waals surface area contributed by atoms with Crippen molar-refractivity contribution in [2.45, 2.75) is 0 Å². The van der Waals surface area contributed by atoms with Crippen LogP contribution in [-0.4, -0.2) is 53.0 Å². The molecule has 0 radical (unpaired) electrons. The number of ether oxygens (including phenoxy) is 1. The number of H-pyrrole nitrogens is 1. The van der Waals surface area contributed by atoms with Crippen molar-refractivity contribution in [2.24, 2.45) is 5.73 Å². The SMILES string of the molecule is N#Cc1ccc(-c2cc(C(N)=O)c3[nH]c4cc(C(=O)N5CCOCC5)ccc4c3n2)cc1F. The first-order chi connectivity index (χ1) is 16.0. The van der Waals surface area contributed by atoms with E-state index in [9.17, 15) is 14.0 Å². The first kappa shape index (κ1) is 20.6. The highest BCUT2D eigenvalue weighted by molar-refractivity contribution is 6.14. The van der Waals surface area contributed by atoms with Crippen LogP contribution >= 0.6 is 0 Å². The molecule has 1 saturated heterocycles. The second kappa shape index (κ2) is 8.00. The fourth-order valence-electron chi connectivity index (χ4n) is 4.04. The minimum absolute atomic E-state index is 0.0838. The van der Waals surface area contributed by atoms with Gasteiger partial charge in [0.15, 0.2) is 0 Å². The first-order valence-electron chi connectivity index (χ1n) is 10.3. The summed E-state index contributed by atoms with van der Waals surface area (Å²) in [5.41, 5.74) is 8.53. The number of amides is 2. The average Bonchev–Trinajstić information content (AvgIpc) is 3.21. The predicted molar refractivity (Wildman–Crippen MR) is 119 cm³/mol. The topological polar surface area (TPSA) is 125 Å². The normalized spacial score (nSPS) is 13.9. The number of rotatable bonds is 3. The van der Waals surface area contributed by atoms with Crippen molar-refractivity contribution in [1.29, 1.82) is 5.26 Å². The maximum atomic E-state index is 14.2. The van der Waals surface area contributed by atoms with Crippen molar-refractivity contribution in [3.05, 3.63) is 65.0 Å². The highest BCUT2D eigenvalue weighted by atomic mass is 19.1. The van der Waals surface area contributed by atoms with Gasteiger partial charge < -0.3 is 20.4 Å². The van der Waals surface area contributed by atoms with E-state index in [1.807, 2.05) is 0 Å². The first-order valence-corrected chi connectivity index (χ1v) is 10.3. The quantitative estimate of drug-likeness (QED) is 0.504. The minimum Gasteiger partial charge on any atom is -0.378 e. The highest BCUT2D eigenvalue weighted by Crippen LogP contribution is 2.31. The standard InChI is InChI=1S/C24H18FN5O3/c25-18-9-13(1-2-15(18)12-26)19-11-17(23(27)31)22-21(28-19)16-4-3-14(10-20(16)29-22)24(32)30-5-7-33-8-6-30/h1-4,9-11,29H,5-8H2,(H2,27,31). The lowest BCUT2D eigenvalue weighted by Crippen LogP contribution is -2.40. The highest BCUT2D eigenvalue weighted by Gasteiger charge is 2.21. The number of carbonyl (C=O) groups excluding carboxylic acids is 2. The molecular weight excluding hydrogens is 425 g/mol. The van der Waals surface area contributed by atoms with Gasteiger partial charge in [-0.05, 0) is 36.4 Å². The largest absolute Gasteiger partial charge is 0.378 e. The molecule has 1 aliphatic heterocycles. The van der Waals surface area contributed by atoms with Crippen LogP contribution in [0.15, 0.2) is 42.5 Å². The number of nitrogens with two attached hydrogens (primary N) is 1. The number of morpholine rings is 1. The van der Waals surface area contributed by atoms with Gasteiger partial charge in [0, 0.05) is 35.1 Å². The van der Waals surface area contributed by atoms with E-state index in [0.717, 1.165) is 0 Å². The molecule has 164 valence electrons. The average molecular weight is 443 g/mol. The Bertz CT molecular complexity index is 1480. The number of nitrogens with zero attached hydrogens (tertiary/aromatic N) is 3. The molecule has 5 rings (SSSR count). The third kappa shape index (κ3) is 3.56. The van der Waals surface area contributed by atoms with E-state index < -0.39 is 11.7 Å². The number of pyridine rings is 1. The van der Waals surface area contributed by atoms with Crippen molar-refractivity contribution in [1.82, 2.24) is 14.9 Å². The zero-order chi connectivity index (χ0) is 23.1. The van der Waals surface area contributed by atoms with E-state index in [0.29, 0.717) is 65.1 Å². The van der Waals surface area contributed by atoms with Crippen molar-refractivity contribution in [3.8, 4) is 17.3 Å². The van der Waals surface area contributed by atoms with E-state index in [-0.39, 0.29) is 17.0 Å². The van der Waals surface area contributed by atoms with Crippen LogP contribution in [0.1, 0.15) is 26.3 Å². The summed E-state index contributed by atoms with van der Waals surface area (Å²) >= 11 is 0. The third-order valence-electron chi connectivity index (χ3n) is 5.75. The van der Waals surface area contributed by atoms with Gasteiger partial charge in [0.25, 0.3) is 11.8 Å². The number of aromatic amines is 1. The summed E-state index contributed by atoms with van der Waals surface area (Å²) < 4.78 is 19.5. The van der Waals surface area contributed by atoms with Crippen molar-refractivity contribution in [2.75, 3.05) is 26.3 Å². The Hall–Kier alpha value is -4.29. The van der Waals surface area contributed by atoms with Crippen molar-refractivity contribution in [3.63, 3.8) is 0 Å². The number of benzene rings is 2. The zero-order valence-corrected chi connectivity index (χ0v) is 17.4. The van der Waals surface area contributed by atoms with Gasteiger partial charge in [-0.2, -0.15) is 5.26 Å². The van der Waals surface area contributed by atoms with E-state index in [1.54, 1.807) is 35.2 Å². The Kier molecular flexibility index (Phi) is 4.99. The summed E-state index contributed by atoms with van der Waals surface area (Å²) in [6.45, 7) is 2.07. The van der Waals surface area contributed by atoms with Crippen LogP contribution in [0.4, 0.5) is 4.39 Å². The molecule has 1 fully saturated rings. The van der Waals surface area contributed by atoms with Crippen LogP contribution in [0.25, 0.3) is 33.2 Å². The molecule has 2 aromatic carbocycles. The molecule has 0 bridgehead atoms. The molecule has 8 nitrogen and oxygen atoms in total. The summed E-state index contributed by atoms with van der Waals surface area (Å²) in [5, 5.41) is 9.67. The Morgan fingerprint density at radius 3 is 2.64 bits per heavy atom. The lowest BCUT2D eigenvalue weighted by molar-refractivity contribution is 0.0303. The van der Waals surface area contributed by atoms with Crippen LogP contribution in [0.5, 0.6) is 0 Å². The number of primary amides is 1. The molecule has 0 aliphatic carbocycles. The number of nitriles is 1. The maximum Gasteiger partial charge on any atom is 0.254 e. The number of hydrogen-bond acceptors (Lipinski definition) is 5. The Labute approximate surface area is 187 Å². The lowest BCUT2D eigenvalue weighted by Gasteiger charge is -2.26. The Balaban J connectivity index is 1.65. The fraction of sp³-hybridized carbons (Fsp3) is 0.167. The minimum atomic E-state index is -0.678. The second-order valence-electron chi connectivity index (χ2n) is 7.74.